The average molecular weight is 257 g/mol. The Morgan fingerprint density at radius 1 is 1.12 bits per heavy atom. The summed E-state index contributed by atoms with van der Waals surface area (Å²) in [5, 5.41) is 0.906. The number of carbonyl (C=O) groups is 2. The third kappa shape index (κ3) is 1.85. The van der Waals surface area contributed by atoms with E-state index >= 15 is 0 Å². The Labute approximate surface area is 101 Å². The van der Waals surface area contributed by atoms with Crippen molar-refractivity contribution in [3.63, 3.8) is 0 Å². The summed E-state index contributed by atoms with van der Waals surface area (Å²) >= 11 is 0. The van der Waals surface area contributed by atoms with Gasteiger partial charge >= 0.3 is 0 Å². The van der Waals surface area contributed by atoms with Gasteiger partial charge in [0.25, 0.3) is 0 Å². The van der Waals surface area contributed by atoms with Crippen LogP contribution < -0.4 is 0 Å². The second-order valence-electron chi connectivity index (χ2n) is 4.54. The lowest BCUT2D eigenvalue weighted by molar-refractivity contribution is -0.137. The van der Waals surface area contributed by atoms with E-state index in [0.717, 1.165) is 5.41 Å². The lowest BCUT2D eigenvalue weighted by Crippen LogP contribution is -2.47. The molecule has 0 aromatic carbocycles. The van der Waals surface area contributed by atoms with E-state index in [9.17, 15) is 18.0 Å². The molecule has 1 saturated heterocycles. The van der Waals surface area contributed by atoms with Crippen molar-refractivity contribution in [3.05, 3.63) is 12.0 Å². The number of nitrogens with zero attached hydrogens (tertiary/aromatic N) is 1. The molecule has 17 heavy (non-hydrogen) atoms. The smallest absolute Gasteiger partial charge is 0.235 e. The standard InChI is InChI=1S/C11H15NO4S/c1-2-17(15,16)12-7-5-11(6-8-12)9(13)3-4-10(11)14/h2H,1,3-8H2. The maximum Gasteiger partial charge on any atom is 0.235 e. The van der Waals surface area contributed by atoms with Gasteiger partial charge in [0.15, 0.2) is 0 Å². The molecule has 1 spiro atoms. The van der Waals surface area contributed by atoms with Gasteiger partial charge in [-0.05, 0) is 12.8 Å². The van der Waals surface area contributed by atoms with Crippen LogP contribution in [0.1, 0.15) is 25.7 Å². The topological polar surface area (TPSA) is 71.5 Å². The van der Waals surface area contributed by atoms with Crippen LogP contribution in [0.2, 0.25) is 0 Å². The number of rotatable bonds is 2. The van der Waals surface area contributed by atoms with Crippen LogP contribution in [-0.2, 0) is 19.6 Å². The number of ketones is 2. The van der Waals surface area contributed by atoms with Gasteiger partial charge < -0.3 is 0 Å². The van der Waals surface area contributed by atoms with Crippen molar-refractivity contribution in [2.45, 2.75) is 25.7 Å². The zero-order valence-electron chi connectivity index (χ0n) is 9.52. The second kappa shape index (κ2) is 4.03. The minimum atomic E-state index is -3.43. The van der Waals surface area contributed by atoms with Crippen LogP contribution in [0, 0.1) is 5.41 Å². The summed E-state index contributed by atoms with van der Waals surface area (Å²) in [5.74, 6) is -0.0312. The zero-order valence-corrected chi connectivity index (χ0v) is 10.3. The lowest BCUT2D eigenvalue weighted by Gasteiger charge is -2.35. The normalized spacial score (nSPS) is 25.4. The van der Waals surface area contributed by atoms with Crippen molar-refractivity contribution < 1.29 is 18.0 Å². The van der Waals surface area contributed by atoms with Crippen LogP contribution >= 0.6 is 0 Å². The van der Waals surface area contributed by atoms with Crippen molar-refractivity contribution in [2.75, 3.05) is 13.1 Å². The van der Waals surface area contributed by atoms with Crippen LogP contribution in [-0.4, -0.2) is 37.4 Å². The van der Waals surface area contributed by atoms with Crippen LogP contribution in [0.4, 0.5) is 0 Å². The predicted octanol–water partition coefficient (Wildman–Crippen LogP) is 0.474. The van der Waals surface area contributed by atoms with Gasteiger partial charge in [0.1, 0.15) is 11.6 Å². The molecule has 94 valence electrons. The first-order valence-corrected chi connectivity index (χ1v) is 7.12. The van der Waals surface area contributed by atoms with Crippen molar-refractivity contribution in [1.82, 2.24) is 4.31 Å². The summed E-state index contributed by atoms with van der Waals surface area (Å²) in [6.07, 6.45) is 1.26. The third-order valence-corrected chi connectivity index (χ3v) is 5.30. The molecule has 5 nitrogen and oxygen atoms in total. The Hall–Kier alpha value is -1.01. The molecule has 1 saturated carbocycles. The van der Waals surface area contributed by atoms with Crippen LogP contribution in [0.25, 0.3) is 0 Å². The largest absolute Gasteiger partial charge is 0.299 e. The summed E-state index contributed by atoms with van der Waals surface area (Å²) in [6, 6.07) is 0. The summed E-state index contributed by atoms with van der Waals surface area (Å²) in [7, 11) is -3.43. The molecule has 0 unspecified atom stereocenters. The summed E-state index contributed by atoms with van der Waals surface area (Å²) in [5.41, 5.74) is -0.882. The van der Waals surface area contributed by atoms with Crippen molar-refractivity contribution >= 4 is 21.6 Å². The molecule has 2 fully saturated rings. The van der Waals surface area contributed by atoms with E-state index in [0.29, 0.717) is 25.7 Å². The molecule has 2 rings (SSSR count). The van der Waals surface area contributed by atoms with Gasteiger partial charge in [-0.1, -0.05) is 6.58 Å². The fourth-order valence-electron chi connectivity index (χ4n) is 2.65. The first-order valence-electron chi connectivity index (χ1n) is 5.61. The maximum atomic E-state index is 11.8. The van der Waals surface area contributed by atoms with Gasteiger partial charge in [-0.2, -0.15) is 4.31 Å². The number of sulfonamides is 1. The quantitative estimate of drug-likeness (QED) is 0.674. The number of hydrogen-bond donors (Lipinski definition) is 0. The van der Waals surface area contributed by atoms with Gasteiger partial charge in [0.2, 0.25) is 10.0 Å². The highest BCUT2D eigenvalue weighted by Gasteiger charge is 2.51. The molecule has 0 aromatic rings. The Bertz CT molecular complexity index is 454. The number of Topliss-reactive ketones (excluding diaryl/α,β-unsaturated/α-hetero) is 2. The van der Waals surface area contributed by atoms with Crippen molar-refractivity contribution in [3.8, 4) is 0 Å². The van der Waals surface area contributed by atoms with Gasteiger partial charge in [0.05, 0.1) is 5.41 Å². The molecule has 0 atom stereocenters. The minimum absolute atomic E-state index is 0.0156. The fraction of sp³-hybridized carbons (Fsp3) is 0.636. The van der Waals surface area contributed by atoms with Crippen LogP contribution in [0.5, 0.6) is 0 Å². The Balaban J connectivity index is 2.16. The average Bonchev–Trinajstić information content (AvgIpc) is 2.59. The first-order chi connectivity index (χ1) is 7.92. The van der Waals surface area contributed by atoms with Gasteiger partial charge in [-0.25, -0.2) is 8.42 Å². The first kappa shape index (κ1) is 12.4. The maximum absolute atomic E-state index is 11.8. The molecular formula is C11H15NO4S. The predicted molar refractivity (Wildman–Crippen MR) is 61.6 cm³/mol. The molecule has 0 aromatic heterocycles. The molecule has 0 bridgehead atoms. The number of carbonyl (C=O) groups excluding carboxylic acids is 2. The highest BCUT2D eigenvalue weighted by Crippen LogP contribution is 2.41. The van der Waals surface area contributed by atoms with Gasteiger partial charge in [-0.3, -0.25) is 9.59 Å². The minimum Gasteiger partial charge on any atom is -0.299 e. The van der Waals surface area contributed by atoms with Crippen molar-refractivity contribution in [1.29, 1.82) is 0 Å². The molecule has 2 aliphatic rings. The van der Waals surface area contributed by atoms with Gasteiger partial charge in [0, 0.05) is 31.3 Å². The summed E-state index contributed by atoms with van der Waals surface area (Å²) < 4.78 is 24.4. The van der Waals surface area contributed by atoms with E-state index in [1.54, 1.807) is 0 Å². The molecule has 1 heterocycles. The van der Waals surface area contributed by atoms with E-state index in [1.807, 2.05) is 0 Å². The fourth-order valence-corrected chi connectivity index (χ4v) is 3.55. The molecular weight excluding hydrogens is 242 g/mol. The lowest BCUT2D eigenvalue weighted by atomic mass is 9.76. The SMILES string of the molecule is C=CS(=O)(=O)N1CCC2(CC1)C(=O)CCC2=O. The number of hydrogen-bond acceptors (Lipinski definition) is 4. The van der Waals surface area contributed by atoms with E-state index in [4.69, 9.17) is 0 Å². The molecule has 6 heteroatoms. The molecule has 0 N–H and O–H groups in total. The highest BCUT2D eigenvalue weighted by atomic mass is 32.2. The molecule has 0 radical (unpaired) electrons. The Morgan fingerprint density at radius 3 is 2.00 bits per heavy atom. The monoisotopic (exact) mass is 257 g/mol. The van der Waals surface area contributed by atoms with Crippen LogP contribution in [0.15, 0.2) is 12.0 Å². The van der Waals surface area contributed by atoms with Crippen molar-refractivity contribution in [2.24, 2.45) is 5.41 Å². The van der Waals surface area contributed by atoms with Crippen LogP contribution in [0.3, 0.4) is 0 Å². The van der Waals surface area contributed by atoms with E-state index in [1.165, 1.54) is 4.31 Å². The van der Waals surface area contributed by atoms with E-state index < -0.39 is 15.4 Å². The van der Waals surface area contributed by atoms with E-state index in [2.05, 4.69) is 6.58 Å². The van der Waals surface area contributed by atoms with Gasteiger partial charge in [-0.15, -0.1) is 0 Å². The highest BCUT2D eigenvalue weighted by molar-refractivity contribution is 7.92. The third-order valence-electron chi connectivity index (χ3n) is 3.79. The molecule has 1 aliphatic carbocycles. The number of piperidine rings is 1. The molecule has 0 amide bonds. The summed E-state index contributed by atoms with van der Waals surface area (Å²) in [6.45, 7) is 3.72. The Kier molecular flexibility index (Phi) is 2.95. The zero-order chi connectivity index (χ0) is 12.7. The molecule has 1 aliphatic heterocycles. The summed E-state index contributed by atoms with van der Waals surface area (Å²) in [4.78, 5) is 23.6. The Morgan fingerprint density at radius 2 is 1.59 bits per heavy atom. The van der Waals surface area contributed by atoms with E-state index in [-0.39, 0.29) is 24.7 Å². The second-order valence-corrected chi connectivity index (χ2v) is 6.42.